The largest absolute Gasteiger partial charge is 0.389 e. The predicted octanol–water partition coefficient (Wildman–Crippen LogP) is 1.58. The van der Waals surface area contributed by atoms with E-state index in [-0.39, 0.29) is 6.54 Å². The van der Waals surface area contributed by atoms with Crippen LogP contribution < -0.4 is 0 Å². The van der Waals surface area contributed by atoms with Crippen molar-refractivity contribution in [1.82, 2.24) is 0 Å². The van der Waals surface area contributed by atoms with Crippen molar-refractivity contribution in [3.63, 3.8) is 0 Å². The van der Waals surface area contributed by atoms with Gasteiger partial charge in [0.2, 0.25) is 6.08 Å². The minimum Gasteiger partial charge on any atom is -0.389 e. The van der Waals surface area contributed by atoms with Crippen molar-refractivity contribution in [3.8, 4) is 0 Å². The molecule has 1 N–H and O–H groups in total. The summed E-state index contributed by atoms with van der Waals surface area (Å²) in [4.78, 5) is 13.4. The summed E-state index contributed by atoms with van der Waals surface area (Å²) in [6, 6.07) is 7.35. The van der Waals surface area contributed by atoms with Crippen LogP contribution in [0.2, 0.25) is 0 Å². The third-order valence-electron chi connectivity index (χ3n) is 1.82. The Hall–Kier alpha value is -1.44. The average Bonchev–Trinajstić information content (AvgIpc) is 2.15. The zero-order valence-electron chi connectivity index (χ0n) is 7.40. The van der Waals surface area contributed by atoms with Crippen molar-refractivity contribution in [3.05, 3.63) is 35.4 Å². The van der Waals surface area contributed by atoms with Gasteiger partial charge in [0.25, 0.3) is 0 Å². The lowest BCUT2D eigenvalue weighted by atomic mass is 10.0. The van der Waals surface area contributed by atoms with E-state index in [1.165, 1.54) is 6.08 Å². The Balaban J connectivity index is 2.97. The first-order chi connectivity index (χ1) is 6.25. The van der Waals surface area contributed by atoms with Gasteiger partial charge in [0.1, 0.15) is 0 Å². The van der Waals surface area contributed by atoms with E-state index in [4.69, 9.17) is 0 Å². The third kappa shape index (κ3) is 2.51. The molecule has 1 aromatic rings. The first-order valence-electron chi connectivity index (χ1n) is 4.05. The Morgan fingerprint density at radius 2 is 2.23 bits per heavy atom. The van der Waals surface area contributed by atoms with Crippen LogP contribution in [0.5, 0.6) is 0 Å². The van der Waals surface area contributed by atoms with Crippen molar-refractivity contribution < 1.29 is 9.90 Å². The number of carbonyl (C=O) groups excluding carboxylic acids is 1. The number of benzene rings is 1. The maximum Gasteiger partial charge on any atom is 0.235 e. The fourth-order valence-corrected chi connectivity index (χ4v) is 1.20. The molecule has 0 heterocycles. The molecule has 0 saturated carbocycles. The molecule has 0 aliphatic rings. The van der Waals surface area contributed by atoms with Gasteiger partial charge in [0.05, 0.1) is 12.6 Å². The maximum atomic E-state index is 9.91. The molecule has 1 unspecified atom stereocenters. The summed E-state index contributed by atoms with van der Waals surface area (Å²) in [6.45, 7) is 1.97. The Bertz CT molecular complexity index is 327. The molecule has 0 aliphatic heterocycles. The lowest BCUT2D eigenvalue weighted by Gasteiger charge is -2.08. The average molecular weight is 177 g/mol. The van der Waals surface area contributed by atoms with E-state index in [0.29, 0.717) is 0 Å². The molecule has 0 amide bonds. The van der Waals surface area contributed by atoms with Gasteiger partial charge in [-0.3, -0.25) is 0 Å². The van der Waals surface area contributed by atoms with Crippen molar-refractivity contribution in [2.24, 2.45) is 4.99 Å². The van der Waals surface area contributed by atoms with E-state index in [1.54, 1.807) is 6.92 Å². The fraction of sp³-hybridized carbons (Fsp3) is 0.300. The van der Waals surface area contributed by atoms with Crippen LogP contribution in [-0.2, 0) is 11.3 Å². The van der Waals surface area contributed by atoms with Crippen LogP contribution in [0.3, 0.4) is 0 Å². The van der Waals surface area contributed by atoms with Crippen LogP contribution in [-0.4, -0.2) is 11.2 Å². The molecule has 13 heavy (non-hydrogen) atoms. The van der Waals surface area contributed by atoms with Gasteiger partial charge >= 0.3 is 0 Å². The summed E-state index contributed by atoms with van der Waals surface area (Å²) in [6.07, 6.45) is 0.946. The molecule has 3 nitrogen and oxygen atoms in total. The van der Waals surface area contributed by atoms with E-state index in [9.17, 15) is 9.90 Å². The summed E-state index contributed by atoms with van der Waals surface area (Å²) >= 11 is 0. The number of hydrogen-bond donors (Lipinski definition) is 1. The highest BCUT2D eigenvalue weighted by molar-refractivity contribution is 5.35. The topological polar surface area (TPSA) is 49.7 Å². The highest BCUT2D eigenvalue weighted by atomic mass is 16.3. The second kappa shape index (κ2) is 4.55. The Kier molecular flexibility index (Phi) is 3.38. The molecule has 0 spiro atoms. The number of aliphatic imine (C=N–C) groups is 1. The fourth-order valence-electron chi connectivity index (χ4n) is 1.20. The predicted molar refractivity (Wildman–Crippen MR) is 48.9 cm³/mol. The van der Waals surface area contributed by atoms with E-state index < -0.39 is 6.10 Å². The molecule has 3 heteroatoms. The number of isocyanates is 1. The van der Waals surface area contributed by atoms with Crippen molar-refractivity contribution in [2.45, 2.75) is 19.6 Å². The smallest absolute Gasteiger partial charge is 0.235 e. The molecule has 1 rings (SSSR count). The second-order valence-corrected chi connectivity index (χ2v) is 2.78. The molecule has 0 fully saturated rings. The summed E-state index contributed by atoms with van der Waals surface area (Å²) in [7, 11) is 0. The number of rotatable bonds is 3. The van der Waals surface area contributed by atoms with Gasteiger partial charge in [-0.05, 0) is 18.1 Å². The highest BCUT2D eigenvalue weighted by Crippen LogP contribution is 2.17. The molecule has 68 valence electrons. The van der Waals surface area contributed by atoms with E-state index in [0.717, 1.165) is 11.1 Å². The monoisotopic (exact) mass is 177 g/mol. The summed E-state index contributed by atoms with van der Waals surface area (Å²) in [5.74, 6) is 0. The Morgan fingerprint density at radius 3 is 2.85 bits per heavy atom. The van der Waals surface area contributed by atoms with Crippen LogP contribution in [0.4, 0.5) is 0 Å². The van der Waals surface area contributed by atoms with Crippen LogP contribution >= 0.6 is 0 Å². The molecule has 0 bridgehead atoms. The standard InChI is InChI=1S/C10H11NO2/c1-8(13)10-5-3-2-4-9(10)6-11-7-12/h2-5,8,13H,6H2,1H3. The first kappa shape index (κ1) is 9.65. The highest BCUT2D eigenvalue weighted by Gasteiger charge is 2.05. The molecule has 0 radical (unpaired) electrons. The minimum atomic E-state index is -0.530. The lowest BCUT2D eigenvalue weighted by molar-refractivity contribution is 0.198. The number of aliphatic hydroxyl groups excluding tert-OH is 1. The van der Waals surface area contributed by atoms with E-state index in [1.807, 2.05) is 24.3 Å². The van der Waals surface area contributed by atoms with Gasteiger partial charge in [-0.15, -0.1) is 0 Å². The van der Waals surface area contributed by atoms with Gasteiger partial charge in [-0.2, -0.15) is 0 Å². The molecule has 0 aromatic heterocycles. The van der Waals surface area contributed by atoms with Crippen LogP contribution in [0.1, 0.15) is 24.2 Å². The van der Waals surface area contributed by atoms with Crippen LogP contribution in [0.25, 0.3) is 0 Å². The second-order valence-electron chi connectivity index (χ2n) is 2.78. The number of hydrogen-bond acceptors (Lipinski definition) is 3. The first-order valence-corrected chi connectivity index (χ1v) is 4.05. The SMILES string of the molecule is CC(O)c1ccccc1CN=C=O. The Morgan fingerprint density at radius 1 is 1.54 bits per heavy atom. The number of nitrogens with zero attached hydrogens (tertiary/aromatic N) is 1. The van der Waals surface area contributed by atoms with E-state index in [2.05, 4.69) is 4.99 Å². The zero-order chi connectivity index (χ0) is 9.68. The van der Waals surface area contributed by atoms with Crippen molar-refractivity contribution in [1.29, 1.82) is 0 Å². The van der Waals surface area contributed by atoms with Gasteiger partial charge in [0.15, 0.2) is 0 Å². The van der Waals surface area contributed by atoms with Gasteiger partial charge < -0.3 is 5.11 Å². The van der Waals surface area contributed by atoms with Crippen molar-refractivity contribution in [2.75, 3.05) is 0 Å². The molecule has 1 atom stereocenters. The summed E-state index contributed by atoms with van der Waals surface area (Å²) < 4.78 is 0. The molecule has 0 saturated heterocycles. The Labute approximate surface area is 76.7 Å². The van der Waals surface area contributed by atoms with Gasteiger partial charge in [0, 0.05) is 0 Å². The zero-order valence-corrected chi connectivity index (χ0v) is 7.40. The summed E-state index contributed by atoms with van der Waals surface area (Å²) in [5, 5.41) is 9.36. The molecule has 0 aliphatic carbocycles. The molecular formula is C10H11NO2. The normalized spacial score (nSPS) is 11.8. The van der Waals surface area contributed by atoms with Crippen molar-refractivity contribution >= 4 is 6.08 Å². The lowest BCUT2D eigenvalue weighted by Crippen LogP contribution is -1.96. The quantitative estimate of drug-likeness (QED) is 0.562. The third-order valence-corrected chi connectivity index (χ3v) is 1.82. The van der Waals surface area contributed by atoms with E-state index >= 15 is 0 Å². The van der Waals surface area contributed by atoms with Crippen LogP contribution in [0, 0.1) is 0 Å². The molecule has 1 aromatic carbocycles. The number of aliphatic hydroxyl groups is 1. The minimum absolute atomic E-state index is 0.282. The summed E-state index contributed by atoms with van der Waals surface area (Å²) in [5.41, 5.74) is 1.67. The maximum absolute atomic E-state index is 9.91. The molecular weight excluding hydrogens is 166 g/mol. The van der Waals surface area contributed by atoms with Gasteiger partial charge in [-0.1, -0.05) is 24.3 Å². The van der Waals surface area contributed by atoms with Crippen LogP contribution in [0.15, 0.2) is 29.3 Å². The van der Waals surface area contributed by atoms with Gasteiger partial charge in [-0.25, -0.2) is 9.79 Å².